The fraction of sp³-hybridized carbons (Fsp3) is 0.480. The summed E-state index contributed by atoms with van der Waals surface area (Å²) in [4.78, 5) is 4.25. The number of aromatic nitrogens is 2. The first-order valence-electron chi connectivity index (χ1n) is 11.5. The third kappa shape index (κ3) is 7.06. The number of hydrogen-bond acceptors (Lipinski definition) is 3. The lowest BCUT2D eigenvalue weighted by atomic mass is 10.1. The third-order valence-corrected chi connectivity index (χ3v) is 6.62. The van der Waals surface area contributed by atoms with Crippen LogP contribution in [-0.2, 0) is 17.3 Å². The highest BCUT2D eigenvalue weighted by molar-refractivity contribution is 7.85. The van der Waals surface area contributed by atoms with Crippen LogP contribution < -0.4 is 5.32 Å². The van der Waals surface area contributed by atoms with Crippen LogP contribution in [0.3, 0.4) is 0 Å². The normalized spacial score (nSPS) is 18.1. The number of nitrogens with one attached hydrogen (secondary N) is 1. The molecule has 1 aromatic carbocycles. The van der Waals surface area contributed by atoms with Crippen molar-refractivity contribution < 1.29 is 17.4 Å². The van der Waals surface area contributed by atoms with Crippen LogP contribution in [0.25, 0.3) is 22.2 Å². The Kier molecular flexibility index (Phi) is 9.95. The highest BCUT2D eigenvalue weighted by Gasteiger charge is 2.30. The Balaban J connectivity index is 0.000000914. The van der Waals surface area contributed by atoms with E-state index in [-0.39, 0.29) is 6.04 Å². The summed E-state index contributed by atoms with van der Waals surface area (Å²) in [6, 6.07) is 11.0. The second-order valence-corrected chi connectivity index (χ2v) is 9.12. The van der Waals surface area contributed by atoms with Gasteiger partial charge in [-0.2, -0.15) is 13.2 Å². The molecule has 33 heavy (non-hydrogen) atoms. The van der Waals surface area contributed by atoms with E-state index in [2.05, 4.69) is 10.3 Å². The maximum atomic E-state index is 13.3. The van der Waals surface area contributed by atoms with Crippen molar-refractivity contribution in [1.29, 1.82) is 0 Å². The van der Waals surface area contributed by atoms with Gasteiger partial charge in [-0.15, -0.1) is 0 Å². The van der Waals surface area contributed by atoms with Gasteiger partial charge in [0.15, 0.2) is 0 Å². The number of fused-ring (bicyclic) bond motifs is 1. The van der Waals surface area contributed by atoms with E-state index in [4.69, 9.17) is 0 Å². The smallest absolute Gasteiger partial charge is 0.382 e. The zero-order chi connectivity index (χ0) is 24.6. The molecule has 0 spiro atoms. The number of alkyl halides is 3. The summed E-state index contributed by atoms with van der Waals surface area (Å²) in [5.41, 5.74) is 3.29. The molecule has 4 nitrogen and oxygen atoms in total. The van der Waals surface area contributed by atoms with E-state index in [0.29, 0.717) is 28.3 Å². The zero-order valence-electron chi connectivity index (χ0n) is 20.0. The average molecular weight is 482 g/mol. The molecular weight excluding hydrogens is 447 g/mol. The Labute approximate surface area is 197 Å². The van der Waals surface area contributed by atoms with Gasteiger partial charge in [0.25, 0.3) is 0 Å². The van der Waals surface area contributed by atoms with Crippen LogP contribution in [0.5, 0.6) is 0 Å². The summed E-state index contributed by atoms with van der Waals surface area (Å²) in [7, 11) is -0.760. The first kappa shape index (κ1) is 26.9. The van der Waals surface area contributed by atoms with E-state index in [1.165, 1.54) is 4.57 Å². The van der Waals surface area contributed by atoms with Gasteiger partial charge in [0.1, 0.15) is 6.54 Å². The molecule has 2 aromatic heterocycles. The first-order valence-corrected chi connectivity index (χ1v) is 13.0. The standard InChI is InChI=1S/C21H22F3N3OS.2C2H6/c1-14-5-6-15(12-25-14)20-11-17-18(26-16-7-9-29(28)10-8-16)3-2-4-19(17)27(20)13-21(22,23)24;2*1-2/h2-6,11-12,16,26H,7-10,13H2,1H3;2*1-2H3. The number of hydrogen-bond donors (Lipinski definition) is 1. The van der Waals surface area contributed by atoms with Crippen LogP contribution in [-0.4, -0.2) is 37.5 Å². The topological polar surface area (TPSA) is 46.9 Å². The Morgan fingerprint density at radius 1 is 1.09 bits per heavy atom. The molecule has 1 fully saturated rings. The molecule has 0 aliphatic carbocycles. The maximum Gasteiger partial charge on any atom is 0.406 e. The van der Waals surface area contributed by atoms with Crippen molar-refractivity contribution in [2.45, 2.75) is 66.2 Å². The minimum Gasteiger partial charge on any atom is -0.382 e. The molecule has 3 heterocycles. The van der Waals surface area contributed by atoms with Gasteiger partial charge in [0.05, 0.1) is 11.2 Å². The van der Waals surface area contributed by atoms with Crippen molar-refractivity contribution in [3.8, 4) is 11.3 Å². The summed E-state index contributed by atoms with van der Waals surface area (Å²) < 4.78 is 52.9. The molecule has 1 saturated heterocycles. The molecule has 1 aliphatic heterocycles. The molecule has 3 aromatic rings. The van der Waals surface area contributed by atoms with Crippen molar-refractivity contribution in [1.82, 2.24) is 9.55 Å². The van der Waals surface area contributed by atoms with Crippen molar-refractivity contribution in [2.24, 2.45) is 0 Å². The number of anilines is 1. The van der Waals surface area contributed by atoms with Gasteiger partial charge in [-0.25, -0.2) is 0 Å². The largest absolute Gasteiger partial charge is 0.406 e. The first-order chi connectivity index (χ1) is 15.8. The van der Waals surface area contributed by atoms with Gasteiger partial charge >= 0.3 is 6.18 Å². The molecule has 182 valence electrons. The Morgan fingerprint density at radius 3 is 2.33 bits per heavy atom. The van der Waals surface area contributed by atoms with Gasteiger partial charge < -0.3 is 9.88 Å². The second kappa shape index (κ2) is 12.2. The van der Waals surface area contributed by atoms with Crippen molar-refractivity contribution in [3.63, 3.8) is 0 Å². The van der Waals surface area contributed by atoms with Gasteiger partial charge in [-0.1, -0.05) is 33.8 Å². The number of benzene rings is 1. The van der Waals surface area contributed by atoms with Crippen molar-refractivity contribution in [3.05, 3.63) is 48.3 Å². The van der Waals surface area contributed by atoms with Crippen molar-refractivity contribution >= 4 is 27.4 Å². The number of rotatable bonds is 4. The average Bonchev–Trinajstić information content (AvgIpc) is 3.16. The van der Waals surface area contributed by atoms with E-state index in [9.17, 15) is 17.4 Å². The van der Waals surface area contributed by atoms with Crippen LogP contribution in [0.2, 0.25) is 0 Å². The summed E-state index contributed by atoms with van der Waals surface area (Å²) in [5.74, 6) is 1.31. The van der Waals surface area contributed by atoms with Crippen LogP contribution in [0, 0.1) is 6.92 Å². The number of nitrogens with zero attached hydrogens (tertiary/aromatic N) is 2. The van der Waals surface area contributed by atoms with E-state index in [0.717, 1.165) is 29.6 Å². The zero-order valence-corrected chi connectivity index (χ0v) is 20.8. The minimum absolute atomic E-state index is 0.175. The molecule has 0 radical (unpaired) electrons. The molecule has 0 saturated carbocycles. The van der Waals surface area contributed by atoms with Gasteiger partial charge in [0, 0.05) is 56.9 Å². The second-order valence-electron chi connectivity index (χ2n) is 7.42. The van der Waals surface area contributed by atoms with Gasteiger partial charge in [-0.3, -0.25) is 9.19 Å². The molecule has 8 heteroatoms. The molecule has 4 rings (SSSR count). The lowest BCUT2D eigenvalue weighted by Gasteiger charge is -2.24. The van der Waals surface area contributed by atoms with E-state index in [1.54, 1.807) is 36.5 Å². The fourth-order valence-corrected chi connectivity index (χ4v) is 5.08. The molecular formula is C25H34F3N3OS. The maximum absolute atomic E-state index is 13.3. The van der Waals surface area contributed by atoms with Crippen LogP contribution >= 0.6 is 0 Å². The van der Waals surface area contributed by atoms with E-state index >= 15 is 0 Å². The summed E-state index contributed by atoms with van der Waals surface area (Å²) in [6.07, 6.45) is -1.14. The number of aryl methyl sites for hydroxylation is 1. The molecule has 0 atom stereocenters. The quantitative estimate of drug-likeness (QED) is 0.439. The number of halogens is 3. The predicted molar refractivity (Wildman–Crippen MR) is 133 cm³/mol. The number of pyridine rings is 1. The monoisotopic (exact) mass is 481 g/mol. The lowest BCUT2D eigenvalue weighted by molar-refractivity contribution is -0.139. The third-order valence-electron chi connectivity index (χ3n) is 5.24. The van der Waals surface area contributed by atoms with Crippen LogP contribution in [0.15, 0.2) is 42.6 Å². The summed E-state index contributed by atoms with van der Waals surface area (Å²) >= 11 is 0. The summed E-state index contributed by atoms with van der Waals surface area (Å²) in [5, 5.41) is 4.21. The Morgan fingerprint density at radius 2 is 1.76 bits per heavy atom. The Hall–Kier alpha value is -2.35. The van der Waals surface area contributed by atoms with E-state index in [1.807, 2.05) is 40.7 Å². The lowest BCUT2D eigenvalue weighted by Crippen LogP contribution is -2.29. The highest BCUT2D eigenvalue weighted by atomic mass is 32.2. The van der Waals surface area contributed by atoms with E-state index < -0.39 is 23.5 Å². The molecule has 1 aliphatic rings. The van der Waals surface area contributed by atoms with Crippen molar-refractivity contribution in [2.75, 3.05) is 16.8 Å². The predicted octanol–water partition coefficient (Wildman–Crippen LogP) is 6.95. The Bertz CT molecular complexity index is 1040. The minimum atomic E-state index is -4.34. The SMILES string of the molecule is CC.CC.Cc1ccc(-c2cc3c(NC4CCS(=O)CC4)cccc3n2CC(F)(F)F)cn1. The molecule has 0 unspecified atom stereocenters. The molecule has 0 amide bonds. The molecule has 1 N–H and O–H groups in total. The fourth-order valence-electron chi connectivity index (χ4n) is 3.78. The highest BCUT2D eigenvalue weighted by Crippen LogP contribution is 2.35. The van der Waals surface area contributed by atoms with Crippen LogP contribution in [0.1, 0.15) is 46.2 Å². The van der Waals surface area contributed by atoms with Gasteiger partial charge in [0.2, 0.25) is 0 Å². The summed E-state index contributed by atoms with van der Waals surface area (Å²) in [6.45, 7) is 8.78. The molecule has 0 bridgehead atoms. The van der Waals surface area contributed by atoms with Crippen LogP contribution in [0.4, 0.5) is 18.9 Å². The van der Waals surface area contributed by atoms with Gasteiger partial charge in [-0.05, 0) is 50.1 Å².